The van der Waals surface area contributed by atoms with Crippen molar-refractivity contribution in [2.75, 3.05) is 0 Å². The van der Waals surface area contributed by atoms with E-state index in [9.17, 15) is 0 Å². The van der Waals surface area contributed by atoms with Gasteiger partial charge in [-0.3, -0.25) is 0 Å². The average molecular weight is 391 g/mol. The van der Waals surface area contributed by atoms with Crippen molar-refractivity contribution >= 4 is 97.8 Å². The van der Waals surface area contributed by atoms with Crippen molar-refractivity contribution in [2.24, 2.45) is 0 Å². The Bertz CT molecular complexity index is 9.65. The summed E-state index contributed by atoms with van der Waals surface area (Å²) in [6.45, 7) is 0. The molecule has 0 unspecified atom stereocenters. The maximum Gasteiger partial charge on any atom is 4.00 e. The predicted molar refractivity (Wildman–Crippen MR) is 14.3 cm³/mol. The van der Waals surface area contributed by atoms with Crippen LogP contribution in [0.1, 0.15) is 0 Å². The fraction of sp³-hybridized carbons (Fsp3) is 0. The zero-order valence-corrected chi connectivity index (χ0v) is 13.6. The van der Waals surface area contributed by atoms with Crippen LogP contribution in [-0.2, 0) is 39.3 Å². The quantitative estimate of drug-likeness (QED) is 0.461. The van der Waals surface area contributed by atoms with E-state index in [0.717, 1.165) is 0 Å². The van der Waals surface area contributed by atoms with Crippen LogP contribution in [0.4, 0.5) is 0 Å². The minimum Gasteiger partial charge on any atom is -2.00 e. The van der Waals surface area contributed by atoms with E-state index in [1.54, 1.807) is 0 Å². The van der Waals surface area contributed by atoms with E-state index in [1.807, 2.05) is 0 Å². The fourth-order valence-electron chi connectivity index (χ4n) is 0. The van der Waals surface area contributed by atoms with Crippen LogP contribution in [0.15, 0.2) is 0 Å². The largest absolute Gasteiger partial charge is 4.00 e. The summed E-state index contributed by atoms with van der Waals surface area (Å²) in [5.74, 6) is 0. The van der Waals surface area contributed by atoms with Crippen LogP contribution in [0.5, 0.6) is 0 Å². The number of hydrogen-bond donors (Lipinski definition) is 0. The van der Waals surface area contributed by atoms with Crippen LogP contribution in [0.3, 0.4) is 0 Å². The molecule has 7 heavy (non-hydrogen) atoms. The summed E-state index contributed by atoms with van der Waals surface area (Å²) >= 11 is 0. The van der Waals surface area contributed by atoms with E-state index in [-0.39, 0.29) is 137 Å². The van der Waals surface area contributed by atoms with Crippen LogP contribution in [0.25, 0.3) is 0 Å². The maximum atomic E-state index is 0. The van der Waals surface area contributed by atoms with Crippen molar-refractivity contribution in [2.45, 2.75) is 0 Å². The molecule has 0 heterocycles. The molecule has 0 aromatic heterocycles. The Hall–Kier alpha value is 3.52. The van der Waals surface area contributed by atoms with Gasteiger partial charge in [-0.25, -0.2) is 0 Å². The van der Waals surface area contributed by atoms with Crippen LogP contribution < -0.4 is 0 Å². The molecule has 0 saturated carbocycles. The number of hydrogen-bond acceptors (Lipinski definition) is 0. The Morgan fingerprint density at radius 3 is 0.429 bits per heavy atom. The molecule has 0 aliphatic heterocycles. The van der Waals surface area contributed by atoms with Crippen molar-refractivity contribution in [3.8, 4) is 0 Å². The van der Waals surface area contributed by atoms with Gasteiger partial charge in [0.1, 0.15) is 0 Å². The second kappa shape index (κ2) is 55.8. The van der Waals surface area contributed by atoms with Crippen LogP contribution in [-0.4, -0.2) is 97.8 Å². The van der Waals surface area contributed by atoms with Gasteiger partial charge in [-0.2, -0.15) is 0 Å². The molecular formula is Ba2CrO4. The van der Waals surface area contributed by atoms with Gasteiger partial charge >= 0.3 is 115 Å². The SMILES string of the molecule is [Ba+2].[Ba+2].[Cr+4].[O-2].[O-2].[O-2].[O-2]. The molecule has 0 N–H and O–H groups in total. The van der Waals surface area contributed by atoms with Crippen LogP contribution >= 0.6 is 0 Å². The summed E-state index contributed by atoms with van der Waals surface area (Å²) in [7, 11) is 0. The zero-order valence-electron chi connectivity index (χ0n) is 3.46. The molecule has 0 rings (SSSR count). The first-order valence-corrected chi connectivity index (χ1v) is 0. The Morgan fingerprint density at radius 1 is 0.429 bits per heavy atom. The summed E-state index contributed by atoms with van der Waals surface area (Å²) in [5.41, 5.74) is 0. The molecule has 7 heteroatoms. The second-order valence-corrected chi connectivity index (χ2v) is 0. The summed E-state index contributed by atoms with van der Waals surface area (Å²) in [4.78, 5) is 0. The van der Waals surface area contributed by atoms with Gasteiger partial charge in [-0.05, 0) is 0 Å². The second-order valence-electron chi connectivity index (χ2n) is 0. The van der Waals surface area contributed by atoms with Gasteiger partial charge in [0.25, 0.3) is 0 Å². The fourth-order valence-corrected chi connectivity index (χ4v) is 0. The van der Waals surface area contributed by atoms with Gasteiger partial charge in [0.15, 0.2) is 0 Å². The van der Waals surface area contributed by atoms with Crippen LogP contribution in [0, 0.1) is 0 Å². The molecule has 0 amide bonds. The third-order valence-corrected chi connectivity index (χ3v) is 0. The van der Waals surface area contributed by atoms with Crippen molar-refractivity contribution in [1.29, 1.82) is 0 Å². The van der Waals surface area contributed by atoms with E-state index in [4.69, 9.17) is 0 Å². The Morgan fingerprint density at radius 2 is 0.429 bits per heavy atom. The first-order chi connectivity index (χ1) is 0. The van der Waals surface area contributed by atoms with E-state index < -0.39 is 0 Å². The standard InChI is InChI=1S/2Ba.Cr.4O/q2*+2;+4;4*-2. The van der Waals surface area contributed by atoms with Gasteiger partial charge in [0.05, 0.1) is 0 Å². The minimum absolute atomic E-state index is 0. The summed E-state index contributed by atoms with van der Waals surface area (Å²) in [6.07, 6.45) is 0. The molecule has 0 saturated heterocycles. The number of rotatable bonds is 0. The third-order valence-electron chi connectivity index (χ3n) is 0. The predicted octanol–water partition coefficient (Wildman–Crippen LogP) is -1.24. The zero-order chi connectivity index (χ0) is 0. The third kappa shape index (κ3) is 43.5. The van der Waals surface area contributed by atoms with Gasteiger partial charge in [-0.1, -0.05) is 0 Å². The monoisotopic (exact) mass is 392 g/mol. The van der Waals surface area contributed by atoms with Gasteiger partial charge in [-0.15, -0.1) is 0 Å². The topological polar surface area (TPSA) is 114 Å². The first-order valence-electron chi connectivity index (χ1n) is 0. The van der Waals surface area contributed by atoms with Crippen molar-refractivity contribution in [3.63, 3.8) is 0 Å². The Labute approximate surface area is 133 Å². The molecule has 0 aromatic rings. The van der Waals surface area contributed by atoms with Gasteiger partial charge in [0.2, 0.25) is 0 Å². The molecule has 0 radical (unpaired) electrons. The van der Waals surface area contributed by atoms with Crippen molar-refractivity contribution < 1.29 is 39.3 Å². The molecule has 0 aliphatic rings. The average Bonchev–Trinajstić information content (AvgIpc) is 0. The van der Waals surface area contributed by atoms with Crippen LogP contribution in [0.2, 0.25) is 0 Å². The van der Waals surface area contributed by atoms with E-state index in [2.05, 4.69) is 0 Å². The molecule has 0 aliphatic carbocycles. The molecule has 0 bridgehead atoms. The molecular weight excluding hydrogens is 391 g/mol. The van der Waals surface area contributed by atoms with E-state index >= 15 is 0 Å². The maximum absolute atomic E-state index is 0. The van der Waals surface area contributed by atoms with Crippen molar-refractivity contribution in [3.05, 3.63) is 0 Å². The Kier molecular flexibility index (Phi) is 615. The molecule has 0 aromatic carbocycles. The normalized spacial score (nSPS) is 0. The van der Waals surface area contributed by atoms with Gasteiger partial charge in [0, 0.05) is 0 Å². The molecule has 34 valence electrons. The van der Waals surface area contributed by atoms with Crippen molar-refractivity contribution in [1.82, 2.24) is 0 Å². The first kappa shape index (κ1) is 77.0. The molecule has 0 spiro atoms. The molecule has 0 fully saturated rings. The summed E-state index contributed by atoms with van der Waals surface area (Å²) in [6, 6.07) is 0. The minimum atomic E-state index is 0. The van der Waals surface area contributed by atoms with E-state index in [1.165, 1.54) is 0 Å². The summed E-state index contributed by atoms with van der Waals surface area (Å²) in [5, 5.41) is 0. The van der Waals surface area contributed by atoms with E-state index in [0.29, 0.717) is 0 Å². The Balaban J connectivity index is 0. The summed E-state index contributed by atoms with van der Waals surface area (Å²) < 4.78 is 0. The van der Waals surface area contributed by atoms with Gasteiger partial charge < -0.3 is 21.9 Å². The smallest absolute Gasteiger partial charge is 2.00 e. The molecule has 4 nitrogen and oxygen atoms in total. The molecule has 0 atom stereocenters.